The molecule has 41 heavy (non-hydrogen) atoms. The molecular formula is C29H36N2O10. The van der Waals surface area contributed by atoms with Gasteiger partial charge in [0.05, 0.1) is 24.0 Å². The van der Waals surface area contributed by atoms with Crippen molar-refractivity contribution < 1.29 is 48.3 Å². The second-order valence-corrected chi connectivity index (χ2v) is 11.2. The third kappa shape index (κ3) is 4.67. The summed E-state index contributed by atoms with van der Waals surface area (Å²) in [5.41, 5.74) is 0.513. The molecule has 6 atom stereocenters. The molecule has 0 aromatic heterocycles. The molecular weight excluding hydrogens is 536 g/mol. The maximum atomic E-state index is 13.0. The number of amides is 1. The maximum Gasteiger partial charge on any atom is 0.352 e. The van der Waals surface area contributed by atoms with E-state index in [-0.39, 0.29) is 37.8 Å². The fourth-order valence-electron chi connectivity index (χ4n) is 6.87. The van der Waals surface area contributed by atoms with Crippen molar-refractivity contribution >= 4 is 23.8 Å². The first-order valence-corrected chi connectivity index (χ1v) is 13.8. The predicted octanol–water partition coefficient (Wildman–Crippen LogP) is 0.389. The number of nitrogens with zero attached hydrogens (tertiary/aromatic N) is 1. The molecule has 2 aliphatic heterocycles. The van der Waals surface area contributed by atoms with E-state index < -0.39 is 53.1 Å². The van der Waals surface area contributed by atoms with Crippen LogP contribution < -0.4 is 10.1 Å². The van der Waals surface area contributed by atoms with E-state index in [0.29, 0.717) is 30.7 Å². The van der Waals surface area contributed by atoms with Gasteiger partial charge in [0, 0.05) is 37.1 Å². The minimum Gasteiger partial charge on any atom is -0.481 e. The summed E-state index contributed by atoms with van der Waals surface area (Å²) in [6.07, 6.45) is -0.131. The van der Waals surface area contributed by atoms with Crippen molar-refractivity contribution in [1.82, 2.24) is 10.2 Å². The second kappa shape index (κ2) is 10.7. The van der Waals surface area contributed by atoms with Gasteiger partial charge in [-0.3, -0.25) is 14.4 Å². The molecule has 4 aliphatic rings. The Bertz CT molecular complexity index is 1310. The Morgan fingerprint density at radius 2 is 1.95 bits per heavy atom. The Morgan fingerprint density at radius 1 is 1.20 bits per heavy atom. The van der Waals surface area contributed by atoms with Gasteiger partial charge in [0.25, 0.3) is 5.91 Å². The quantitative estimate of drug-likeness (QED) is 0.277. The molecule has 0 saturated carbocycles. The average Bonchev–Trinajstić information content (AvgIpc) is 3.27. The van der Waals surface area contributed by atoms with Gasteiger partial charge in [0.2, 0.25) is 0 Å². The first-order chi connectivity index (χ1) is 19.4. The summed E-state index contributed by atoms with van der Waals surface area (Å²) in [7, 11) is 2.00. The topological polar surface area (TPSA) is 161 Å². The zero-order valence-electron chi connectivity index (χ0n) is 23.6. The van der Waals surface area contributed by atoms with Crippen molar-refractivity contribution in [3.05, 3.63) is 40.7 Å². The lowest BCUT2D eigenvalue weighted by molar-refractivity contribution is -0.175. The third-order valence-electron chi connectivity index (χ3n) is 8.83. The molecule has 12 nitrogen and oxygen atoms in total. The molecule has 1 amide bonds. The Hall–Kier alpha value is -3.48. The summed E-state index contributed by atoms with van der Waals surface area (Å²) >= 11 is 0. The molecule has 0 radical (unpaired) electrons. The Balaban J connectivity index is 1.27. The van der Waals surface area contributed by atoms with Gasteiger partial charge in [-0.15, -0.1) is 0 Å². The van der Waals surface area contributed by atoms with Crippen LogP contribution in [-0.4, -0.2) is 89.0 Å². The van der Waals surface area contributed by atoms with Crippen LogP contribution >= 0.6 is 0 Å². The van der Waals surface area contributed by atoms with Gasteiger partial charge >= 0.3 is 17.9 Å². The van der Waals surface area contributed by atoms with E-state index in [9.17, 15) is 29.4 Å². The Labute approximate surface area is 237 Å². The van der Waals surface area contributed by atoms with Crippen molar-refractivity contribution in [2.45, 2.75) is 88.4 Å². The number of esters is 3. The smallest absolute Gasteiger partial charge is 0.352 e. The molecule has 1 spiro atoms. The van der Waals surface area contributed by atoms with Crippen molar-refractivity contribution in [1.29, 1.82) is 0 Å². The van der Waals surface area contributed by atoms with Crippen LogP contribution in [0.3, 0.4) is 0 Å². The molecule has 12 heteroatoms. The minimum atomic E-state index is -1.25. The van der Waals surface area contributed by atoms with Crippen LogP contribution in [0.1, 0.15) is 56.7 Å². The monoisotopic (exact) mass is 572 g/mol. The Morgan fingerprint density at radius 3 is 2.66 bits per heavy atom. The average molecular weight is 573 g/mol. The summed E-state index contributed by atoms with van der Waals surface area (Å²) in [6.45, 7) is 4.38. The van der Waals surface area contributed by atoms with E-state index in [1.165, 1.54) is 20.8 Å². The number of hydrogen-bond donors (Lipinski definition) is 3. The van der Waals surface area contributed by atoms with E-state index >= 15 is 0 Å². The molecule has 222 valence electrons. The third-order valence-corrected chi connectivity index (χ3v) is 8.83. The highest BCUT2D eigenvalue weighted by Crippen LogP contribution is 2.64. The highest BCUT2D eigenvalue weighted by molar-refractivity contribution is 5.84. The van der Waals surface area contributed by atoms with E-state index in [1.54, 1.807) is 6.08 Å². The van der Waals surface area contributed by atoms with Crippen LogP contribution in [-0.2, 0) is 51.8 Å². The summed E-state index contributed by atoms with van der Waals surface area (Å²) in [5, 5.41) is 24.7. The van der Waals surface area contributed by atoms with E-state index in [2.05, 4.69) is 10.2 Å². The molecule has 2 bridgehead atoms. The van der Waals surface area contributed by atoms with Crippen LogP contribution in [0.5, 0.6) is 5.75 Å². The molecule has 2 aliphatic carbocycles. The molecule has 1 saturated heterocycles. The fourth-order valence-corrected chi connectivity index (χ4v) is 6.87. The van der Waals surface area contributed by atoms with E-state index in [1.807, 2.05) is 19.2 Å². The van der Waals surface area contributed by atoms with Crippen LogP contribution in [0.15, 0.2) is 24.0 Å². The van der Waals surface area contributed by atoms with Gasteiger partial charge in [0.1, 0.15) is 11.5 Å². The first kappa shape index (κ1) is 29.0. The number of likely N-dealkylation sites (tertiary alicyclic amines) is 1. The number of piperidine rings is 1. The zero-order chi connectivity index (χ0) is 29.7. The lowest BCUT2D eigenvalue weighted by atomic mass is 9.50. The summed E-state index contributed by atoms with van der Waals surface area (Å²) in [5.74, 6) is -1.92. The van der Waals surface area contributed by atoms with Crippen LogP contribution in [0.4, 0.5) is 0 Å². The number of hydrogen-bond acceptors (Lipinski definition) is 11. The Kier molecular flexibility index (Phi) is 7.60. The van der Waals surface area contributed by atoms with Gasteiger partial charge in [-0.25, -0.2) is 4.79 Å². The second-order valence-electron chi connectivity index (χ2n) is 11.2. The van der Waals surface area contributed by atoms with E-state index in [0.717, 1.165) is 11.1 Å². The molecule has 3 N–H and O–H groups in total. The van der Waals surface area contributed by atoms with Crippen LogP contribution in [0, 0.1) is 0 Å². The molecule has 2 heterocycles. The predicted molar refractivity (Wildman–Crippen MR) is 141 cm³/mol. The van der Waals surface area contributed by atoms with Gasteiger partial charge in [-0.2, -0.15) is 0 Å². The van der Waals surface area contributed by atoms with Crippen molar-refractivity contribution in [3.63, 3.8) is 0 Å². The number of aliphatic hydroxyl groups excluding tert-OH is 1. The molecule has 1 fully saturated rings. The first-order valence-electron chi connectivity index (χ1n) is 13.8. The largest absolute Gasteiger partial charge is 0.481 e. The zero-order valence-corrected chi connectivity index (χ0v) is 23.6. The number of likely N-dealkylation sites (N-methyl/N-ethyl adjacent to an activating group) is 1. The van der Waals surface area contributed by atoms with Crippen LogP contribution in [0.2, 0.25) is 0 Å². The number of aliphatic hydroxyl groups is 2. The summed E-state index contributed by atoms with van der Waals surface area (Å²) in [4.78, 5) is 50.4. The number of rotatable bonds is 9. The minimum absolute atomic E-state index is 0.0728. The van der Waals surface area contributed by atoms with Gasteiger partial charge in [0.15, 0.2) is 18.3 Å². The molecule has 5 rings (SSSR count). The standard InChI is InChI=1S/C29H36N2O10/c1-15(38-17(3)33)26(35)30-11-8-22(34)39-16(2)27(36)40-20-7-9-29(37)21-13-18-5-6-19(14-32)24-23(18)28(29,25(20)41-24)10-12-31(21)4/h5-7,15-16,21,25,32,37H,8-14H2,1-4H3,(H,30,35)/t15-,16-,21+,25-,28-,29+/m0/s1. The highest BCUT2D eigenvalue weighted by Gasteiger charge is 2.71. The van der Waals surface area contributed by atoms with Gasteiger partial charge < -0.3 is 39.4 Å². The fraction of sp³-hybridized carbons (Fsp3) is 0.586. The number of nitrogens with one attached hydrogen (secondary N) is 1. The van der Waals surface area contributed by atoms with Gasteiger partial charge in [-0.05, 0) is 51.9 Å². The number of carbonyl (C=O) groups is 4. The van der Waals surface area contributed by atoms with Crippen LogP contribution in [0.25, 0.3) is 0 Å². The summed E-state index contributed by atoms with van der Waals surface area (Å²) < 4.78 is 22.2. The van der Waals surface area contributed by atoms with E-state index in [4.69, 9.17) is 18.9 Å². The molecule has 1 aromatic rings. The summed E-state index contributed by atoms with van der Waals surface area (Å²) in [6, 6.07) is 3.65. The van der Waals surface area contributed by atoms with Crippen molar-refractivity contribution in [2.24, 2.45) is 0 Å². The number of ether oxygens (including phenoxy) is 4. The number of carbonyl (C=O) groups excluding carboxylic acids is 4. The van der Waals surface area contributed by atoms with Crippen molar-refractivity contribution in [3.8, 4) is 5.75 Å². The maximum absolute atomic E-state index is 13.0. The molecule has 0 unspecified atom stereocenters. The normalized spacial score (nSPS) is 28.8. The number of benzene rings is 1. The molecule has 1 aromatic carbocycles. The lowest BCUT2D eigenvalue weighted by Crippen LogP contribution is -2.74. The van der Waals surface area contributed by atoms with Gasteiger partial charge in [-0.1, -0.05) is 12.1 Å². The highest BCUT2D eigenvalue weighted by atomic mass is 16.6. The lowest BCUT2D eigenvalue weighted by Gasteiger charge is -2.61. The SMILES string of the molecule is CC(=O)O[C@@H](C)C(=O)NCCC(=O)O[C@@H](C)C(=O)OC1=CC[C@@]2(O)[C@H]3Cc4ccc(CO)c5c4[C@@]2(CCN3C)[C@H]1O5. The van der Waals surface area contributed by atoms with Crippen molar-refractivity contribution in [2.75, 3.05) is 20.1 Å².